The van der Waals surface area contributed by atoms with Gasteiger partial charge in [-0.05, 0) is 44.0 Å². The highest BCUT2D eigenvalue weighted by Crippen LogP contribution is 2.47. The molecule has 2 bridgehead atoms. The summed E-state index contributed by atoms with van der Waals surface area (Å²) in [5.41, 5.74) is -1.45. The molecule has 1 unspecified atom stereocenters. The van der Waals surface area contributed by atoms with Crippen LogP contribution in [0.3, 0.4) is 0 Å². The fourth-order valence-electron chi connectivity index (χ4n) is 3.80. The van der Waals surface area contributed by atoms with Crippen LogP contribution < -0.4 is 0 Å². The van der Waals surface area contributed by atoms with Crippen molar-refractivity contribution in [2.75, 3.05) is 7.05 Å². The van der Waals surface area contributed by atoms with Crippen molar-refractivity contribution in [1.82, 2.24) is 4.90 Å². The van der Waals surface area contributed by atoms with Crippen LogP contribution >= 0.6 is 0 Å². The highest BCUT2D eigenvalue weighted by Gasteiger charge is 2.52. The summed E-state index contributed by atoms with van der Waals surface area (Å²) in [5, 5.41) is 11.0. The Morgan fingerprint density at radius 3 is 2.70 bits per heavy atom. The first-order valence-electron chi connectivity index (χ1n) is 6.94. The number of piperidine rings is 1. The minimum absolute atomic E-state index is 0.0790. The van der Waals surface area contributed by atoms with Gasteiger partial charge in [-0.1, -0.05) is 18.6 Å². The Balaban J connectivity index is 2.00. The molecule has 0 aliphatic carbocycles. The molecule has 2 aliphatic rings. The van der Waals surface area contributed by atoms with Crippen molar-refractivity contribution in [2.24, 2.45) is 0 Å². The molecule has 1 aromatic carbocycles. The maximum absolute atomic E-state index is 12.8. The number of likely N-dealkylation sites (N-methyl/N-ethyl adjacent to an activating group) is 1. The van der Waals surface area contributed by atoms with Crippen molar-refractivity contribution in [3.63, 3.8) is 0 Å². The lowest BCUT2D eigenvalue weighted by molar-refractivity contribution is -0.137. The van der Waals surface area contributed by atoms with Gasteiger partial charge in [0.2, 0.25) is 0 Å². The summed E-state index contributed by atoms with van der Waals surface area (Å²) in [4.78, 5) is 2.13. The molecular formula is C15H18F3NO. The maximum Gasteiger partial charge on any atom is 0.416 e. The van der Waals surface area contributed by atoms with Gasteiger partial charge in [0.05, 0.1) is 5.56 Å². The van der Waals surface area contributed by atoms with Crippen LogP contribution in [0.25, 0.3) is 0 Å². The highest BCUT2D eigenvalue weighted by atomic mass is 19.4. The summed E-state index contributed by atoms with van der Waals surface area (Å²) in [6, 6.07) is 5.35. The number of hydrogen-bond acceptors (Lipinski definition) is 2. The molecule has 0 radical (unpaired) electrons. The van der Waals surface area contributed by atoms with Crippen molar-refractivity contribution in [3.8, 4) is 0 Å². The van der Waals surface area contributed by atoms with E-state index in [0.717, 1.165) is 31.4 Å². The molecule has 110 valence electrons. The minimum Gasteiger partial charge on any atom is -0.383 e. The van der Waals surface area contributed by atoms with Crippen molar-refractivity contribution < 1.29 is 18.3 Å². The van der Waals surface area contributed by atoms with Crippen LogP contribution in [-0.4, -0.2) is 29.1 Å². The molecule has 0 spiro atoms. The number of fused-ring (bicyclic) bond motifs is 2. The average molecular weight is 285 g/mol. The number of halogens is 3. The second-order valence-electron chi connectivity index (χ2n) is 5.97. The molecule has 1 N–H and O–H groups in total. The molecule has 2 aliphatic heterocycles. The first-order valence-corrected chi connectivity index (χ1v) is 6.94. The maximum atomic E-state index is 12.8. The molecular weight excluding hydrogens is 267 g/mol. The van der Waals surface area contributed by atoms with Crippen LogP contribution in [0.2, 0.25) is 0 Å². The Hall–Kier alpha value is -1.07. The van der Waals surface area contributed by atoms with E-state index < -0.39 is 17.3 Å². The Bertz CT molecular complexity index is 516. The first kappa shape index (κ1) is 13.9. The fourth-order valence-corrected chi connectivity index (χ4v) is 3.80. The molecule has 2 nitrogen and oxygen atoms in total. The van der Waals surface area contributed by atoms with Gasteiger partial charge in [0.15, 0.2) is 0 Å². The van der Waals surface area contributed by atoms with Gasteiger partial charge in [-0.25, -0.2) is 0 Å². The topological polar surface area (TPSA) is 23.5 Å². The number of hydrogen-bond donors (Lipinski definition) is 1. The Morgan fingerprint density at radius 1 is 1.30 bits per heavy atom. The van der Waals surface area contributed by atoms with Gasteiger partial charge in [0, 0.05) is 12.1 Å². The zero-order chi connectivity index (χ0) is 14.5. The molecule has 0 amide bonds. The van der Waals surface area contributed by atoms with Crippen LogP contribution in [-0.2, 0) is 11.8 Å². The third kappa shape index (κ3) is 2.04. The van der Waals surface area contributed by atoms with Gasteiger partial charge in [-0.3, -0.25) is 4.90 Å². The van der Waals surface area contributed by atoms with E-state index in [0.29, 0.717) is 12.0 Å². The molecule has 3 rings (SSSR count). The predicted molar refractivity (Wildman–Crippen MR) is 69.1 cm³/mol. The molecule has 0 saturated carbocycles. The summed E-state index contributed by atoms with van der Waals surface area (Å²) < 4.78 is 38.5. The highest BCUT2D eigenvalue weighted by molar-refractivity contribution is 5.33. The average Bonchev–Trinajstić information content (AvgIpc) is 2.55. The number of rotatable bonds is 1. The second kappa shape index (κ2) is 4.46. The lowest BCUT2D eigenvalue weighted by Crippen LogP contribution is -2.43. The number of aliphatic hydroxyl groups is 1. The normalized spacial score (nSPS) is 34.5. The number of alkyl halides is 3. The van der Waals surface area contributed by atoms with E-state index in [1.165, 1.54) is 6.07 Å². The summed E-state index contributed by atoms with van der Waals surface area (Å²) in [5.74, 6) is 0. The predicted octanol–water partition coefficient (Wildman–Crippen LogP) is 3.15. The summed E-state index contributed by atoms with van der Waals surface area (Å²) in [7, 11) is 1.96. The quantitative estimate of drug-likeness (QED) is 0.857. The fraction of sp³-hybridized carbons (Fsp3) is 0.600. The third-order valence-electron chi connectivity index (χ3n) is 4.87. The van der Waals surface area contributed by atoms with Crippen LogP contribution in [0, 0.1) is 0 Å². The van der Waals surface area contributed by atoms with E-state index in [-0.39, 0.29) is 12.1 Å². The molecule has 1 aromatic rings. The summed E-state index contributed by atoms with van der Waals surface area (Å²) in [6.07, 6.45) is -0.976. The second-order valence-corrected chi connectivity index (χ2v) is 5.97. The molecule has 3 atom stereocenters. The Labute approximate surface area is 116 Å². The molecule has 2 fully saturated rings. The molecule has 20 heavy (non-hydrogen) atoms. The van der Waals surface area contributed by atoms with Crippen molar-refractivity contribution >= 4 is 0 Å². The van der Waals surface area contributed by atoms with Crippen molar-refractivity contribution in [2.45, 2.75) is 49.5 Å². The van der Waals surface area contributed by atoms with E-state index in [4.69, 9.17) is 0 Å². The largest absolute Gasteiger partial charge is 0.416 e. The summed E-state index contributed by atoms with van der Waals surface area (Å²) in [6.45, 7) is 0. The van der Waals surface area contributed by atoms with Crippen LogP contribution in [0.15, 0.2) is 24.3 Å². The first-order chi connectivity index (χ1) is 9.32. The summed E-state index contributed by atoms with van der Waals surface area (Å²) >= 11 is 0. The number of nitrogens with zero attached hydrogens (tertiary/aromatic N) is 1. The van der Waals surface area contributed by atoms with E-state index in [9.17, 15) is 18.3 Å². The Kier molecular flexibility index (Phi) is 3.10. The van der Waals surface area contributed by atoms with Crippen LogP contribution in [0.5, 0.6) is 0 Å². The van der Waals surface area contributed by atoms with Gasteiger partial charge in [-0.15, -0.1) is 0 Å². The monoisotopic (exact) mass is 285 g/mol. The van der Waals surface area contributed by atoms with Gasteiger partial charge in [0.1, 0.15) is 5.60 Å². The molecule has 0 aromatic heterocycles. The van der Waals surface area contributed by atoms with Crippen molar-refractivity contribution in [3.05, 3.63) is 35.4 Å². The van der Waals surface area contributed by atoms with Crippen molar-refractivity contribution in [1.29, 1.82) is 0 Å². The van der Waals surface area contributed by atoms with Gasteiger partial charge >= 0.3 is 6.18 Å². The zero-order valence-electron chi connectivity index (χ0n) is 11.3. The van der Waals surface area contributed by atoms with E-state index in [1.54, 1.807) is 6.07 Å². The van der Waals surface area contributed by atoms with E-state index in [2.05, 4.69) is 4.90 Å². The van der Waals surface area contributed by atoms with Gasteiger partial charge in [0.25, 0.3) is 0 Å². The molecule has 2 saturated heterocycles. The lowest BCUT2D eigenvalue weighted by atomic mass is 9.84. The minimum atomic E-state index is -4.37. The molecule has 2 heterocycles. The van der Waals surface area contributed by atoms with Gasteiger partial charge in [-0.2, -0.15) is 13.2 Å². The smallest absolute Gasteiger partial charge is 0.383 e. The SMILES string of the molecule is CN1[C@H]2CCC[C@@H]1C(O)(c1cccc(C(F)(F)F)c1)C2. The van der Waals surface area contributed by atoms with Crippen LogP contribution in [0.1, 0.15) is 36.8 Å². The molecule has 5 heteroatoms. The van der Waals surface area contributed by atoms with Crippen LogP contribution in [0.4, 0.5) is 13.2 Å². The number of benzene rings is 1. The lowest BCUT2D eigenvalue weighted by Gasteiger charge is -2.36. The third-order valence-corrected chi connectivity index (χ3v) is 4.87. The zero-order valence-corrected chi connectivity index (χ0v) is 11.3. The van der Waals surface area contributed by atoms with E-state index >= 15 is 0 Å². The van der Waals surface area contributed by atoms with Gasteiger partial charge < -0.3 is 5.11 Å². The standard InChI is InChI=1S/C15H18F3NO/c1-19-12-6-3-7-13(19)14(20,9-12)10-4-2-5-11(8-10)15(16,17)18/h2,4-5,8,12-13,20H,3,6-7,9H2,1H3/t12-,13+,14?/m0/s1. The Morgan fingerprint density at radius 2 is 2.05 bits per heavy atom. The van der Waals surface area contributed by atoms with E-state index in [1.807, 2.05) is 7.05 Å².